The molecule has 23 heavy (non-hydrogen) atoms. The van der Waals surface area contributed by atoms with Gasteiger partial charge < -0.3 is 14.8 Å². The highest BCUT2D eigenvalue weighted by Gasteiger charge is 2.20. The molecule has 1 heterocycles. The molecule has 0 bridgehead atoms. The third kappa shape index (κ3) is 4.35. The molecule has 0 saturated carbocycles. The lowest BCUT2D eigenvalue weighted by Gasteiger charge is -2.16. The topological polar surface area (TPSA) is 47.6 Å². The maximum atomic E-state index is 12.2. The Bertz CT molecular complexity index is 568. The fourth-order valence-corrected chi connectivity index (χ4v) is 3.06. The first-order chi connectivity index (χ1) is 11.2. The third-order valence-corrected chi connectivity index (χ3v) is 4.50. The minimum Gasteiger partial charge on any atom is -0.491 e. The van der Waals surface area contributed by atoms with Gasteiger partial charge in [0.1, 0.15) is 12.4 Å². The average Bonchev–Trinajstić information content (AvgIpc) is 3.25. The van der Waals surface area contributed by atoms with E-state index in [9.17, 15) is 4.79 Å². The number of benzene rings is 1. The number of carbonyl (C=O) groups excluding carboxylic acids is 1. The quantitative estimate of drug-likeness (QED) is 0.821. The summed E-state index contributed by atoms with van der Waals surface area (Å²) in [6.45, 7) is 3.97. The molecule has 4 heteroatoms. The number of ether oxygens (including phenoxy) is 2. The molecule has 1 aromatic rings. The van der Waals surface area contributed by atoms with Gasteiger partial charge in [-0.1, -0.05) is 24.3 Å². The van der Waals surface area contributed by atoms with Crippen LogP contribution in [0.4, 0.5) is 0 Å². The average molecular weight is 315 g/mol. The van der Waals surface area contributed by atoms with E-state index >= 15 is 0 Å². The Kier molecular flexibility index (Phi) is 5.34. The van der Waals surface area contributed by atoms with Crippen molar-refractivity contribution in [3.63, 3.8) is 0 Å². The first-order valence-corrected chi connectivity index (χ1v) is 8.49. The molecule has 1 N–H and O–H groups in total. The minimum atomic E-state index is 0.0942. The molecule has 1 fully saturated rings. The van der Waals surface area contributed by atoms with Gasteiger partial charge in [-0.3, -0.25) is 4.79 Å². The number of rotatable bonds is 6. The number of allylic oxidation sites excluding steroid dienone is 2. The fourth-order valence-electron chi connectivity index (χ4n) is 3.06. The Balaban J connectivity index is 1.57. The number of aryl methyl sites for hydroxylation is 1. The zero-order valence-corrected chi connectivity index (χ0v) is 13.7. The smallest absolute Gasteiger partial charge is 0.224 e. The maximum Gasteiger partial charge on any atom is 0.224 e. The SMILES string of the molecule is Cc1ccc(CNC(=O)C2CC=CC2)c(OCC2CCCO2)c1. The first kappa shape index (κ1) is 16.1. The van der Waals surface area contributed by atoms with Crippen molar-refractivity contribution in [3.05, 3.63) is 41.5 Å². The van der Waals surface area contributed by atoms with Crippen molar-refractivity contribution < 1.29 is 14.3 Å². The molecular weight excluding hydrogens is 290 g/mol. The molecule has 124 valence electrons. The van der Waals surface area contributed by atoms with E-state index in [4.69, 9.17) is 9.47 Å². The minimum absolute atomic E-state index is 0.0942. The summed E-state index contributed by atoms with van der Waals surface area (Å²) < 4.78 is 11.6. The van der Waals surface area contributed by atoms with Gasteiger partial charge in [0.05, 0.1) is 6.10 Å². The van der Waals surface area contributed by atoms with Crippen molar-refractivity contribution in [3.8, 4) is 5.75 Å². The van der Waals surface area contributed by atoms with Crippen LogP contribution in [-0.4, -0.2) is 25.2 Å². The first-order valence-electron chi connectivity index (χ1n) is 8.49. The highest BCUT2D eigenvalue weighted by molar-refractivity contribution is 5.79. The van der Waals surface area contributed by atoms with E-state index in [0.29, 0.717) is 13.2 Å². The molecule has 1 unspecified atom stereocenters. The van der Waals surface area contributed by atoms with Crippen molar-refractivity contribution >= 4 is 5.91 Å². The van der Waals surface area contributed by atoms with Gasteiger partial charge in [0.25, 0.3) is 0 Å². The summed E-state index contributed by atoms with van der Waals surface area (Å²) in [7, 11) is 0. The summed E-state index contributed by atoms with van der Waals surface area (Å²) in [5, 5.41) is 3.04. The van der Waals surface area contributed by atoms with Crippen LogP contribution in [-0.2, 0) is 16.1 Å². The molecule has 4 nitrogen and oxygen atoms in total. The van der Waals surface area contributed by atoms with Gasteiger partial charge in [-0.15, -0.1) is 0 Å². The van der Waals surface area contributed by atoms with Crippen LogP contribution in [0.25, 0.3) is 0 Å². The summed E-state index contributed by atoms with van der Waals surface area (Å²) in [4.78, 5) is 12.2. The summed E-state index contributed by atoms with van der Waals surface area (Å²) in [6.07, 6.45) is 8.22. The van der Waals surface area contributed by atoms with Gasteiger partial charge in [0.2, 0.25) is 5.91 Å². The largest absolute Gasteiger partial charge is 0.491 e. The molecule has 1 aliphatic carbocycles. The maximum absolute atomic E-state index is 12.2. The number of hydrogen-bond donors (Lipinski definition) is 1. The van der Waals surface area contributed by atoms with Crippen molar-refractivity contribution in [2.45, 2.75) is 45.3 Å². The van der Waals surface area contributed by atoms with E-state index < -0.39 is 0 Å². The number of nitrogens with one attached hydrogen (secondary N) is 1. The van der Waals surface area contributed by atoms with Crippen LogP contribution in [0.15, 0.2) is 30.4 Å². The van der Waals surface area contributed by atoms with E-state index in [1.165, 1.54) is 0 Å². The van der Waals surface area contributed by atoms with Gasteiger partial charge in [-0.2, -0.15) is 0 Å². The van der Waals surface area contributed by atoms with Crippen LogP contribution < -0.4 is 10.1 Å². The lowest BCUT2D eigenvalue weighted by molar-refractivity contribution is -0.124. The normalized spacial score (nSPS) is 20.8. The van der Waals surface area contributed by atoms with Gasteiger partial charge >= 0.3 is 0 Å². The molecular formula is C19H25NO3. The molecule has 1 aromatic carbocycles. The van der Waals surface area contributed by atoms with Gasteiger partial charge in [0, 0.05) is 24.6 Å². The van der Waals surface area contributed by atoms with Gasteiger partial charge in [0.15, 0.2) is 0 Å². The van der Waals surface area contributed by atoms with E-state index in [-0.39, 0.29) is 17.9 Å². The number of amides is 1. The zero-order valence-electron chi connectivity index (χ0n) is 13.7. The van der Waals surface area contributed by atoms with E-state index in [1.54, 1.807) is 0 Å². The Morgan fingerprint density at radius 2 is 2.17 bits per heavy atom. The van der Waals surface area contributed by atoms with Gasteiger partial charge in [-0.25, -0.2) is 0 Å². The third-order valence-electron chi connectivity index (χ3n) is 4.50. The lowest BCUT2D eigenvalue weighted by atomic mass is 10.1. The highest BCUT2D eigenvalue weighted by Crippen LogP contribution is 2.23. The molecule has 1 amide bonds. The van der Waals surface area contributed by atoms with Crippen molar-refractivity contribution in [2.75, 3.05) is 13.2 Å². The van der Waals surface area contributed by atoms with Crippen molar-refractivity contribution in [1.29, 1.82) is 0 Å². The molecule has 2 aliphatic rings. The molecule has 0 spiro atoms. The molecule has 1 saturated heterocycles. The van der Waals surface area contributed by atoms with Crippen LogP contribution in [0, 0.1) is 12.8 Å². The van der Waals surface area contributed by atoms with Crippen LogP contribution in [0.5, 0.6) is 5.75 Å². The Morgan fingerprint density at radius 3 is 2.91 bits per heavy atom. The summed E-state index contributed by atoms with van der Waals surface area (Å²) in [5.41, 5.74) is 2.18. The molecule has 3 rings (SSSR count). The predicted molar refractivity (Wildman–Crippen MR) is 89.4 cm³/mol. The summed E-state index contributed by atoms with van der Waals surface area (Å²) >= 11 is 0. The second kappa shape index (κ2) is 7.64. The summed E-state index contributed by atoms with van der Waals surface area (Å²) in [6, 6.07) is 6.12. The highest BCUT2D eigenvalue weighted by atomic mass is 16.5. The van der Waals surface area contributed by atoms with Crippen molar-refractivity contribution in [1.82, 2.24) is 5.32 Å². The lowest BCUT2D eigenvalue weighted by Crippen LogP contribution is -2.29. The van der Waals surface area contributed by atoms with E-state index in [1.807, 2.05) is 19.1 Å². The second-order valence-electron chi connectivity index (χ2n) is 6.41. The standard InChI is InChI=1S/C19H25NO3/c1-14-8-9-16(12-20-19(21)15-5-2-3-6-15)18(11-14)23-13-17-7-4-10-22-17/h2-3,8-9,11,15,17H,4-7,10,12-13H2,1H3,(H,20,21). The molecule has 0 radical (unpaired) electrons. The Hall–Kier alpha value is -1.81. The zero-order chi connectivity index (χ0) is 16.1. The van der Waals surface area contributed by atoms with E-state index in [0.717, 1.165) is 49.2 Å². The fraction of sp³-hybridized carbons (Fsp3) is 0.526. The van der Waals surface area contributed by atoms with Gasteiger partial charge in [-0.05, 0) is 44.2 Å². The Labute approximate surface area is 137 Å². The molecule has 0 aromatic heterocycles. The van der Waals surface area contributed by atoms with Crippen LogP contribution in [0.3, 0.4) is 0 Å². The van der Waals surface area contributed by atoms with Crippen LogP contribution in [0.1, 0.15) is 36.8 Å². The predicted octanol–water partition coefficient (Wildman–Crippen LogP) is 3.14. The molecule has 1 aliphatic heterocycles. The monoisotopic (exact) mass is 315 g/mol. The summed E-state index contributed by atoms with van der Waals surface area (Å²) in [5.74, 6) is 1.07. The Morgan fingerprint density at radius 1 is 1.35 bits per heavy atom. The molecule has 1 atom stereocenters. The van der Waals surface area contributed by atoms with E-state index in [2.05, 4.69) is 23.5 Å². The van der Waals surface area contributed by atoms with Crippen LogP contribution in [0.2, 0.25) is 0 Å². The number of hydrogen-bond acceptors (Lipinski definition) is 3. The second-order valence-corrected chi connectivity index (χ2v) is 6.41. The number of carbonyl (C=O) groups is 1. The van der Waals surface area contributed by atoms with Crippen molar-refractivity contribution in [2.24, 2.45) is 5.92 Å². The van der Waals surface area contributed by atoms with Crippen LogP contribution >= 0.6 is 0 Å².